The van der Waals surface area contributed by atoms with Crippen LogP contribution >= 0.6 is 0 Å². The molecule has 5 nitrogen and oxygen atoms in total. The van der Waals surface area contributed by atoms with Crippen LogP contribution in [0.1, 0.15) is 23.6 Å². The minimum absolute atomic E-state index is 0.00111. The number of hydrogen-bond donors (Lipinski definition) is 1. The van der Waals surface area contributed by atoms with Crippen molar-refractivity contribution >= 4 is 12.0 Å². The maximum absolute atomic E-state index is 12.0. The van der Waals surface area contributed by atoms with Gasteiger partial charge in [-0.1, -0.05) is 29.8 Å². The van der Waals surface area contributed by atoms with E-state index in [0.717, 1.165) is 11.1 Å². The molecule has 1 atom stereocenters. The molecule has 1 aliphatic rings. The molecule has 1 unspecified atom stereocenters. The summed E-state index contributed by atoms with van der Waals surface area (Å²) in [6.45, 7) is 2.83. The van der Waals surface area contributed by atoms with Crippen LogP contribution in [-0.4, -0.2) is 47.0 Å². The van der Waals surface area contributed by atoms with Gasteiger partial charge in [-0.05, 0) is 12.5 Å². The Morgan fingerprint density at radius 3 is 2.84 bits per heavy atom. The second-order valence-electron chi connectivity index (χ2n) is 4.91. The molecule has 19 heavy (non-hydrogen) atoms. The molecule has 0 saturated carbocycles. The standard InChI is InChI=1S/C14H18N2O3/c1-10-4-3-5-11(8-10)12-9-16(7-6-13(17)18)14(19)15(12)2/h3-5,8,12H,6-7,9H2,1-2H3,(H,17,18). The van der Waals surface area contributed by atoms with Crippen molar-refractivity contribution in [3.8, 4) is 0 Å². The van der Waals surface area contributed by atoms with Gasteiger partial charge in [0.2, 0.25) is 0 Å². The van der Waals surface area contributed by atoms with E-state index in [-0.39, 0.29) is 25.0 Å². The molecule has 1 fully saturated rings. The first-order valence-corrected chi connectivity index (χ1v) is 6.29. The smallest absolute Gasteiger partial charge is 0.320 e. The van der Waals surface area contributed by atoms with Crippen molar-refractivity contribution in [2.75, 3.05) is 20.1 Å². The molecule has 0 aliphatic carbocycles. The number of likely N-dealkylation sites (N-methyl/N-ethyl adjacent to an activating group) is 1. The molecule has 2 amide bonds. The summed E-state index contributed by atoms with van der Waals surface area (Å²) in [6, 6.07) is 7.96. The van der Waals surface area contributed by atoms with E-state index in [9.17, 15) is 9.59 Å². The number of rotatable bonds is 4. The summed E-state index contributed by atoms with van der Waals surface area (Å²) >= 11 is 0. The van der Waals surface area contributed by atoms with Crippen LogP contribution < -0.4 is 0 Å². The van der Waals surface area contributed by atoms with Gasteiger partial charge in [-0.25, -0.2) is 4.79 Å². The number of urea groups is 1. The molecule has 1 saturated heterocycles. The SMILES string of the molecule is Cc1cccc(C2CN(CCC(=O)O)C(=O)N2C)c1. The number of aryl methyl sites for hydroxylation is 1. The van der Waals surface area contributed by atoms with Crippen LogP contribution in [0.2, 0.25) is 0 Å². The van der Waals surface area contributed by atoms with Crippen LogP contribution in [0.25, 0.3) is 0 Å². The van der Waals surface area contributed by atoms with Gasteiger partial charge in [0.1, 0.15) is 0 Å². The summed E-state index contributed by atoms with van der Waals surface area (Å²) < 4.78 is 0. The van der Waals surface area contributed by atoms with Crippen molar-refractivity contribution < 1.29 is 14.7 Å². The molecule has 1 aliphatic heterocycles. The van der Waals surface area contributed by atoms with E-state index in [1.165, 1.54) is 0 Å². The van der Waals surface area contributed by atoms with Gasteiger partial charge in [0, 0.05) is 20.1 Å². The van der Waals surface area contributed by atoms with E-state index in [4.69, 9.17) is 5.11 Å². The number of benzene rings is 1. The Bertz CT molecular complexity index is 501. The highest BCUT2D eigenvalue weighted by Crippen LogP contribution is 2.28. The Hall–Kier alpha value is -2.04. The van der Waals surface area contributed by atoms with Crippen molar-refractivity contribution in [3.63, 3.8) is 0 Å². The summed E-state index contributed by atoms with van der Waals surface area (Å²) in [4.78, 5) is 25.9. The molecule has 1 aromatic rings. The number of carboxylic acid groups (broad SMARTS) is 1. The molecule has 0 spiro atoms. The zero-order chi connectivity index (χ0) is 14.0. The fourth-order valence-corrected chi connectivity index (χ4v) is 2.39. The fourth-order valence-electron chi connectivity index (χ4n) is 2.39. The molecule has 102 valence electrons. The fraction of sp³-hybridized carbons (Fsp3) is 0.429. The first-order valence-electron chi connectivity index (χ1n) is 6.29. The molecular weight excluding hydrogens is 244 g/mol. The molecule has 1 heterocycles. The third-order valence-electron chi connectivity index (χ3n) is 3.46. The van der Waals surface area contributed by atoms with Gasteiger partial charge >= 0.3 is 12.0 Å². The summed E-state index contributed by atoms with van der Waals surface area (Å²) in [5.74, 6) is -0.880. The molecule has 2 rings (SSSR count). The minimum atomic E-state index is -0.880. The molecule has 0 aromatic heterocycles. The average molecular weight is 262 g/mol. The maximum Gasteiger partial charge on any atom is 0.320 e. The van der Waals surface area contributed by atoms with E-state index >= 15 is 0 Å². The first kappa shape index (κ1) is 13.4. The van der Waals surface area contributed by atoms with Crippen LogP contribution in [0.3, 0.4) is 0 Å². The van der Waals surface area contributed by atoms with Gasteiger partial charge in [-0.3, -0.25) is 4.79 Å². The van der Waals surface area contributed by atoms with Gasteiger partial charge in [0.15, 0.2) is 0 Å². The lowest BCUT2D eigenvalue weighted by atomic mass is 10.0. The molecular formula is C14H18N2O3. The van der Waals surface area contributed by atoms with Gasteiger partial charge < -0.3 is 14.9 Å². The summed E-state index contributed by atoms with van der Waals surface area (Å²) in [5, 5.41) is 8.69. The van der Waals surface area contributed by atoms with Crippen LogP contribution in [0, 0.1) is 6.92 Å². The lowest BCUT2D eigenvalue weighted by molar-refractivity contribution is -0.137. The average Bonchev–Trinajstić information content (AvgIpc) is 2.64. The van der Waals surface area contributed by atoms with Crippen LogP contribution in [0.5, 0.6) is 0 Å². The number of carboxylic acids is 1. The van der Waals surface area contributed by atoms with Gasteiger partial charge in [-0.2, -0.15) is 0 Å². The topological polar surface area (TPSA) is 60.9 Å². The predicted octanol–water partition coefficient (Wildman–Crippen LogP) is 1.88. The van der Waals surface area contributed by atoms with E-state index in [2.05, 4.69) is 6.07 Å². The van der Waals surface area contributed by atoms with E-state index in [1.807, 2.05) is 25.1 Å². The molecule has 1 aromatic carbocycles. The summed E-state index contributed by atoms with van der Waals surface area (Å²) in [7, 11) is 1.76. The van der Waals surface area contributed by atoms with Crippen LogP contribution in [-0.2, 0) is 4.79 Å². The van der Waals surface area contributed by atoms with Crippen molar-refractivity contribution in [1.82, 2.24) is 9.80 Å². The Morgan fingerprint density at radius 1 is 1.47 bits per heavy atom. The second kappa shape index (κ2) is 5.30. The minimum Gasteiger partial charge on any atom is -0.481 e. The van der Waals surface area contributed by atoms with Gasteiger partial charge in [-0.15, -0.1) is 0 Å². The zero-order valence-corrected chi connectivity index (χ0v) is 11.2. The number of carbonyl (C=O) groups excluding carboxylic acids is 1. The van der Waals surface area contributed by atoms with Crippen LogP contribution in [0.15, 0.2) is 24.3 Å². The number of carbonyl (C=O) groups is 2. The lowest BCUT2D eigenvalue weighted by Gasteiger charge is -2.18. The molecule has 1 N–H and O–H groups in total. The van der Waals surface area contributed by atoms with E-state index < -0.39 is 5.97 Å². The lowest BCUT2D eigenvalue weighted by Crippen LogP contribution is -2.31. The quantitative estimate of drug-likeness (QED) is 0.901. The highest BCUT2D eigenvalue weighted by molar-refractivity contribution is 5.78. The second-order valence-corrected chi connectivity index (χ2v) is 4.91. The van der Waals surface area contributed by atoms with Gasteiger partial charge in [0.25, 0.3) is 0 Å². The maximum atomic E-state index is 12.0. The van der Waals surface area contributed by atoms with Crippen LogP contribution in [0.4, 0.5) is 4.79 Å². The number of aliphatic carboxylic acids is 1. The Balaban J connectivity index is 2.12. The number of amides is 2. The van der Waals surface area contributed by atoms with Crippen molar-refractivity contribution in [2.24, 2.45) is 0 Å². The highest BCUT2D eigenvalue weighted by Gasteiger charge is 2.35. The highest BCUT2D eigenvalue weighted by atomic mass is 16.4. The third-order valence-corrected chi connectivity index (χ3v) is 3.46. The Morgan fingerprint density at radius 2 is 2.21 bits per heavy atom. The number of hydrogen-bond acceptors (Lipinski definition) is 2. The zero-order valence-electron chi connectivity index (χ0n) is 11.2. The number of nitrogens with zero attached hydrogens (tertiary/aromatic N) is 2. The Kier molecular flexibility index (Phi) is 3.74. The first-order chi connectivity index (χ1) is 8.99. The summed E-state index contributed by atoms with van der Waals surface area (Å²) in [5.41, 5.74) is 2.25. The molecule has 5 heteroatoms. The monoisotopic (exact) mass is 262 g/mol. The van der Waals surface area contributed by atoms with Crippen molar-refractivity contribution in [1.29, 1.82) is 0 Å². The van der Waals surface area contributed by atoms with Crippen molar-refractivity contribution in [2.45, 2.75) is 19.4 Å². The summed E-state index contributed by atoms with van der Waals surface area (Å²) in [6.07, 6.45) is -0.0138. The largest absolute Gasteiger partial charge is 0.481 e. The van der Waals surface area contributed by atoms with E-state index in [1.54, 1.807) is 16.8 Å². The van der Waals surface area contributed by atoms with Crippen molar-refractivity contribution in [3.05, 3.63) is 35.4 Å². The third kappa shape index (κ3) is 2.86. The molecule has 0 bridgehead atoms. The predicted molar refractivity (Wildman–Crippen MR) is 70.9 cm³/mol. The van der Waals surface area contributed by atoms with E-state index in [0.29, 0.717) is 6.54 Å². The molecule has 0 radical (unpaired) electrons. The van der Waals surface area contributed by atoms with Gasteiger partial charge in [0.05, 0.1) is 12.5 Å². The Labute approximate surface area is 112 Å². The normalized spacial score (nSPS) is 19.1.